The molecule has 1 saturated carbocycles. The van der Waals surface area contributed by atoms with Gasteiger partial charge in [0.25, 0.3) is 0 Å². The van der Waals surface area contributed by atoms with Crippen LogP contribution in [0.3, 0.4) is 0 Å². The quantitative estimate of drug-likeness (QED) is 0.399. The highest BCUT2D eigenvalue weighted by atomic mass is 32.2. The van der Waals surface area contributed by atoms with Crippen molar-refractivity contribution in [1.29, 1.82) is 0 Å². The summed E-state index contributed by atoms with van der Waals surface area (Å²) >= 11 is 3.70. The predicted molar refractivity (Wildman–Crippen MR) is 90.1 cm³/mol. The standard InChI is InChI=1S/C16H25NO2S2/c1-3-19-15(18)16(2,17-13-8-9-13)10-4-5-11-20-14-7-6-12-21-14/h6-7,12-13,17H,3-5,8-11H2,1-2H3. The molecule has 0 bridgehead atoms. The van der Waals surface area contributed by atoms with Crippen molar-refractivity contribution in [2.75, 3.05) is 12.4 Å². The van der Waals surface area contributed by atoms with Gasteiger partial charge in [0.2, 0.25) is 0 Å². The Bertz CT molecular complexity index is 431. The summed E-state index contributed by atoms with van der Waals surface area (Å²) in [6.07, 6.45) is 5.40. The zero-order valence-electron chi connectivity index (χ0n) is 12.9. The van der Waals surface area contributed by atoms with Crippen LogP contribution in [-0.4, -0.2) is 29.9 Å². The number of thiophene rings is 1. The Labute approximate surface area is 135 Å². The smallest absolute Gasteiger partial charge is 0.326 e. The number of carbonyl (C=O) groups is 1. The molecule has 0 aliphatic heterocycles. The first-order valence-electron chi connectivity index (χ1n) is 7.75. The molecule has 0 spiro atoms. The van der Waals surface area contributed by atoms with Crippen LogP contribution < -0.4 is 5.32 Å². The molecule has 1 aliphatic rings. The van der Waals surface area contributed by atoms with E-state index in [1.807, 2.05) is 25.6 Å². The van der Waals surface area contributed by atoms with Gasteiger partial charge in [0.1, 0.15) is 5.54 Å². The largest absolute Gasteiger partial charge is 0.465 e. The molecule has 3 nitrogen and oxygen atoms in total. The van der Waals surface area contributed by atoms with Crippen LogP contribution in [0.15, 0.2) is 21.7 Å². The van der Waals surface area contributed by atoms with E-state index in [4.69, 9.17) is 4.74 Å². The van der Waals surface area contributed by atoms with Gasteiger partial charge in [-0.1, -0.05) is 12.5 Å². The Balaban J connectivity index is 1.71. The van der Waals surface area contributed by atoms with Gasteiger partial charge in [0, 0.05) is 6.04 Å². The van der Waals surface area contributed by atoms with E-state index < -0.39 is 5.54 Å². The van der Waals surface area contributed by atoms with Crippen molar-refractivity contribution in [2.45, 2.75) is 61.7 Å². The molecule has 5 heteroatoms. The first-order chi connectivity index (χ1) is 10.1. The van der Waals surface area contributed by atoms with Gasteiger partial charge in [0.05, 0.1) is 10.8 Å². The molecule has 1 N–H and O–H groups in total. The average molecular weight is 328 g/mol. The molecule has 21 heavy (non-hydrogen) atoms. The monoisotopic (exact) mass is 327 g/mol. The number of esters is 1. The summed E-state index contributed by atoms with van der Waals surface area (Å²) in [5.41, 5.74) is -0.509. The minimum absolute atomic E-state index is 0.0946. The molecule has 1 heterocycles. The molecule has 1 aromatic rings. The molecule has 0 amide bonds. The van der Waals surface area contributed by atoms with E-state index in [0.29, 0.717) is 12.6 Å². The summed E-state index contributed by atoms with van der Waals surface area (Å²) in [5.74, 6) is 1.02. The lowest BCUT2D eigenvalue weighted by molar-refractivity contribution is -0.151. The van der Waals surface area contributed by atoms with E-state index >= 15 is 0 Å². The minimum Gasteiger partial charge on any atom is -0.465 e. The summed E-state index contributed by atoms with van der Waals surface area (Å²) in [7, 11) is 0. The van der Waals surface area contributed by atoms with E-state index in [1.54, 1.807) is 11.3 Å². The second-order valence-corrected chi connectivity index (χ2v) is 8.05. The van der Waals surface area contributed by atoms with E-state index in [2.05, 4.69) is 22.8 Å². The maximum Gasteiger partial charge on any atom is 0.326 e. The Hall–Kier alpha value is -0.520. The van der Waals surface area contributed by atoms with Crippen LogP contribution in [0.25, 0.3) is 0 Å². The zero-order valence-corrected chi connectivity index (χ0v) is 14.5. The Morgan fingerprint density at radius 3 is 2.95 bits per heavy atom. The van der Waals surface area contributed by atoms with Gasteiger partial charge in [-0.15, -0.1) is 23.1 Å². The van der Waals surface area contributed by atoms with Gasteiger partial charge in [0.15, 0.2) is 0 Å². The molecule has 1 atom stereocenters. The first kappa shape index (κ1) is 16.8. The van der Waals surface area contributed by atoms with Crippen LogP contribution in [-0.2, 0) is 9.53 Å². The number of rotatable bonds is 10. The molecule has 0 saturated heterocycles. The van der Waals surface area contributed by atoms with Crippen LogP contribution in [0.4, 0.5) is 0 Å². The normalized spacial score (nSPS) is 17.4. The molecular weight excluding hydrogens is 302 g/mol. The van der Waals surface area contributed by atoms with Gasteiger partial charge in [-0.3, -0.25) is 10.1 Å². The molecule has 0 aromatic carbocycles. The van der Waals surface area contributed by atoms with E-state index in [0.717, 1.165) is 25.0 Å². The lowest BCUT2D eigenvalue weighted by Gasteiger charge is -2.28. The maximum absolute atomic E-state index is 12.2. The number of carbonyl (C=O) groups excluding carboxylic acids is 1. The Kier molecular flexibility index (Phi) is 6.58. The average Bonchev–Trinajstić information content (AvgIpc) is 3.11. The SMILES string of the molecule is CCOC(=O)C(C)(CCCCSc1cccs1)NC1CC1. The van der Waals surface area contributed by atoms with Crippen LogP contribution in [0.1, 0.15) is 46.0 Å². The second kappa shape index (κ2) is 8.20. The highest BCUT2D eigenvalue weighted by molar-refractivity contribution is 8.01. The van der Waals surface area contributed by atoms with Crippen molar-refractivity contribution in [1.82, 2.24) is 5.32 Å². The summed E-state index contributed by atoms with van der Waals surface area (Å²) in [5, 5.41) is 5.59. The van der Waals surface area contributed by atoms with Crippen molar-refractivity contribution < 1.29 is 9.53 Å². The molecule has 2 rings (SSSR count). The van der Waals surface area contributed by atoms with Gasteiger partial charge in [-0.05, 0) is 56.7 Å². The molecule has 1 fully saturated rings. The van der Waals surface area contributed by atoms with E-state index in [9.17, 15) is 4.79 Å². The third-order valence-electron chi connectivity index (χ3n) is 3.64. The molecule has 1 aromatic heterocycles. The highest BCUT2D eigenvalue weighted by Gasteiger charge is 2.38. The minimum atomic E-state index is -0.509. The third kappa shape index (κ3) is 5.64. The van der Waals surface area contributed by atoms with Crippen LogP contribution in [0, 0.1) is 0 Å². The lowest BCUT2D eigenvalue weighted by Crippen LogP contribution is -2.51. The number of unbranched alkanes of at least 4 members (excludes halogenated alkanes) is 1. The lowest BCUT2D eigenvalue weighted by atomic mass is 9.94. The number of nitrogens with one attached hydrogen (secondary N) is 1. The van der Waals surface area contributed by atoms with Gasteiger partial charge >= 0.3 is 5.97 Å². The Morgan fingerprint density at radius 2 is 2.33 bits per heavy atom. The number of thioether (sulfide) groups is 1. The topological polar surface area (TPSA) is 38.3 Å². The molecule has 1 aliphatic carbocycles. The summed E-state index contributed by atoms with van der Waals surface area (Å²) in [6, 6.07) is 4.76. The van der Waals surface area contributed by atoms with Crippen molar-refractivity contribution in [3.63, 3.8) is 0 Å². The van der Waals surface area contributed by atoms with Gasteiger partial charge in [-0.2, -0.15) is 0 Å². The predicted octanol–water partition coefficient (Wildman–Crippen LogP) is 4.08. The van der Waals surface area contributed by atoms with Gasteiger partial charge in [-0.25, -0.2) is 0 Å². The number of hydrogen-bond donors (Lipinski definition) is 1. The fraction of sp³-hybridized carbons (Fsp3) is 0.688. The first-order valence-corrected chi connectivity index (χ1v) is 9.62. The van der Waals surface area contributed by atoms with Crippen LogP contribution in [0.2, 0.25) is 0 Å². The van der Waals surface area contributed by atoms with E-state index in [1.165, 1.54) is 17.1 Å². The second-order valence-electron chi connectivity index (χ2n) is 5.71. The number of ether oxygens (including phenoxy) is 1. The summed E-state index contributed by atoms with van der Waals surface area (Å²) < 4.78 is 6.62. The molecule has 0 radical (unpaired) electrons. The van der Waals surface area contributed by atoms with Gasteiger partial charge < -0.3 is 4.74 Å². The van der Waals surface area contributed by atoms with Crippen molar-refractivity contribution in [2.24, 2.45) is 0 Å². The zero-order chi connectivity index (χ0) is 15.1. The van der Waals surface area contributed by atoms with Crippen LogP contribution in [0.5, 0.6) is 0 Å². The van der Waals surface area contributed by atoms with Crippen molar-refractivity contribution in [3.05, 3.63) is 17.5 Å². The van der Waals surface area contributed by atoms with Crippen molar-refractivity contribution in [3.8, 4) is 0 Å². The maximum atomic E-state index is 12.2. The van der Waals surface area contributed by atoms with E-state index in [-0.39, 0.29) is 5.97 Å². The fourth-order valence-corrected chi connectivity index (χ4v) is 4.16. The highest BCUT2D eigenvalue weighted by Crippen LogP contribution is 2.28. The van der Waals surface area contributed by atoms with Crippen LogP contribution >= 0.6 is 23.1 Å². The third-order valence-corrected chi connectivity index (χ3v) is 5.85. The van der Waals surface area contributed by atoms with Crippen molar-refractivity contribution >= 4 is 29.1 Å². The fourth-order valence-electron chi connectivity index (χ4n) is 2.30. The molecule has 1 unspecified atom stereocenters. The summed E-state index contributed by atoms with van der Waals surface area (Å²) in [6.45, 7) is 4.32. The Morgan fingerprint density at radius 1 is 1.52 bits per heavy atom. The number of hydrogen-bond acceptors (Lipinski definition) is 5. The molecular formula is C16H25NO2S2. The summed E-state index contributed by atoms with van der Waals surface area (Å²) in [4.78, 5) is 12.2. The molecule has 118 valence electrons.